The number of ether oxygens (including phenoxy) is 3. The van der Waals surface area contributed by atoms with Crippen LogP contribution in [0.4, 0.5) is 5.69 Å². The van der Waals surface area contributed by atoms with Gasteiger partial charge in [-0.25, -0.2) is 4.79 Å². The van der Waals surface area contributed by atoms with Crippen molar-refractivity contribution in [2.45, 2.75) is 6.92 Å². The van der Waals surface area contributed by atoms with Crippen LogP contribution in [0.1, 0.15) is 12.5 Å². The van der Waals surface area contributed by atoms with Gasteiger partial charge >= 0.3 is 5.97 Å². The highest BCUT2D eigenvalue weighted by Crippen LogP contribution is 2.36. The highest BCUT2D eigenvalue weighted by molar-refractivity contribution is 6.32. The van der Waals surface area contributed by atoms with Gasteiger partial charge in [-0.15, -0.1) is 0 Å². The van der Waals surface area contributed by atoms with Crippen molar-refractivity contribution < 1.29 is 23.9 Å². The molecule has 0 radical (unpaired) electrons. The topological polar surface area (TPSA) is 87.9 Å². The molecule has 0 unspecified atom stereocenters. The third kappa shape index (κ3) is 4.97. The Kier molecular flexibility index (Phi) is 6.57. The molecule has 0 aliphatic carbocycles. The van der Waals surface area contributed by atoms with Gasteiger partial charge in [-0.05, 0) is 42.8 Å². The second-order valence-corrected chi connectivity index (χ2v) is 5.38. The molecular weight excluding hydrogens is 362 g/mol. The minimum atomic E-state index is -0.635. The molecule has 0 amide bonds. The van der Waals surface area contributed by atoms with Crippen LogP contribution in [0.15, 0.2) is 42.5 Å². The van der Waals surface area contributed by atoms with Crippen molar-refractivity contribution in [2.24, 2.45) is 0 Å². The normalized spacial score (nSPS) is 10.6. The van der Waals surface area contributed by atoms with Gasteiger partial charge in [-0.3, -0.25) is 10.1 Å². The smallest absolute Gasteiger partial charge is 0.336 e. The second-order valence-electron chi connectivity index (χ2n) is 4.97. The molecule has 0 saturated carbocycles. The Morgan fingerprint density at radius 3 is 2.54 bits per heavy atom. The molecular formula is C18H16ClNO6. The van der Waals surface area contributed by atoms with Gasteiger partial charge < -0.3 is 14.2 Å². The molecule has 0 heterocycles. The van der Waals surface area contributed by atoms with Crippen molar-refractivity contribution in [1.29, 1.82) is 0 Å². The number of nitro benzene ring substituents is 1. The lowest BCUT2D eigenvalue weighted by Crippen LogP contribution is -2.03. The molecule has 0 aliphatic rings. The largest absolute Gasteiger partial charge is 0.491 e. The summed E-state index contributed by atoms with van der Waals surface area (Å²) in [4.78, 5) is 22.0. The fourth-order valence-electron chi connectivity index (χ4n) is 2.10. The number of carbonyl (C=O) groups is 1. The van der Waals surface area contributed by atoms with E-state index in [9.17, 15) is 14.9 Å². The maximum atomic E-state index is 11.9. The molecule has 2 aromatic carbocycles. The van der Waals surface area contributed by atoms with Crippen LogP contribution in [-0.4, -0.2) is 24.6 Å². The van der Waals surface area contributed by atoms with Crippen LogP contribution in [0.25, 0.3) is 6.08 Å². The maximum Gasteiger partial charge on any atom is 0.336 e. The summed E-state index contributed by atoms with van der Waals surface area (Å²) in [5.74, 6) is 0.446. The quantitative estimate of drug-likeness (QED) is 0.235. The van der Waals surface area contributed by atoms with E-state index in [2.05, 4.69) is 0 Å². The number of benzene rings is 2. The van der Waals surface area contributed by atoms with Crippen LogP contribution < -0.4 is 14.2 Å². The average Bonchev–Trinajstić information content (AvgIpc) is 2.60. The number of halogens is 1. The summed E-state index contributed by atoms with van der Waals surface area (Å²) >= 11 is 6.15. The highest BCUT2D eigenvalue weighted by Gasteiger charge is 2.11. The van der Waals surface area contributed by atoms with Crippen molar-refractivity contribution in [3.63, 3.8) is 0 Å². The Hall–Kier alpha value is -3.06. The van der Waals surface area contributed by atoms with E-state index < -0.39 is 10.9 Å². The van der Waals surface area contributed by atoms with E-state index in [4.69, 9.17) is 25.8 Å². The van der Waals surface area contributed by atoms with Gasteiger partial charge in [0, 0.05) is 18.2 Å². The first-order valence-electron chi connectivity index (χ1n) is 7.59. The van der Waals surface area contributed by atoms with E-state index >= 15 is 0 Å². The number of nitro groups is 1. The highest BCUT2D eigenvalue weighted by atomic mass is 35.5. The summed E-state index contributed by atoms with van der Waals surface area (Å²) in [6, 6.07) is 8.51. The zero-order valence-corrected chi connectivity index (χ0v) is 14.9. The number of hydrogen-bond donors (Lipinski definition) is 0. The molecule has 0 bridgehead atoms. The molecule has 0 aliphatic heterocycles. The van der Waals surface area contributed by atoms with Gasteiger partial charge in [-0.2, -0.15) is 0 Å². The first-order valence-corrected chi connectivity index (χ1v) is 7.97. The first-order chi connectivity index (χ1) is 12.4. The lowest BCUT2D eigenvalue weighted by Gasteiger charge is -2.11. The van der Waals surface area contributed by atoms with E-state index in [1.807, 2.05) is 6.92 Å². The maximum absolute atomic E-state index is 11.9. The van der Waals surface area contributed by atoms with Crippen LogP contribution in [-0.2, 0) is 4.79 Å². The Labute approximate surface area is 154 Å². The van der Waals surface area contributed by atoms with Gasteiger partial charge in [0.2, 0.25) is 0 Å². The first kappa shape index (κ1) is 19.3. The molecule has 7 nitrogen and oxygen atoms in total. The fraction of sp³-hybridized carbons (Fsp3) is 0.167. The van der Waals surface area contributed by atoms with Gasteiger partial charge in [-0.1, -0.05) is 11.6 Å². The predicted octanol–water partition coefficient (Wildman–Crippen LogP) is 4.27. The monoisotopic (exact) mass is 377 g/mol. The third-order valence-electron chi connectivity index (χ3n) is 3.21. The van der Waals surface area contributed by atoms with E-state index in [-0.39, 0.29) is 11.4 Å². The van der Waals surface area contributed by atoms with E-state index in [0.717, 1.165) is 0 Å². The molecule has 0 N–H and O–H groups in total. The molecule has 0 atom stereocenters. The minimum absolute atomic E-state index is 0.0864. The summed E-state index contributed by atoms with van der Waals surface area (Å²) in [5, 5.41) is 10.9. The SMILES string of the molecule is CCOc1cc(/C=C/C(=O)Oc2ccc([N+](=O)[O-])cc2)cc(Cl)c1OC. The third-order valence-corrected chi connectivity index (χ3v) is 3.49. The molecule has 2 rings (SSSR count). The van der Waals surface area contributed by atoms with Crippen LogP contribution in [0.5, 0.6) is 17.2 Å². The summed E-state index contributed by atoms with van der Waals surface area (Å²) < 4.78 is 15.7. The zero-order valence-electron chi connectivity index (χ0n) is 14.1. The van der Waals surface area contributed by atoms with Gasteiger partial charge in [0.25, 0.3) is 5.69 Å². The van der Waals surface area contributed by atoms with Crippen LogP contribution in [0.2, 0.25) is 5.02 Å². The molecule has 0 saturated heterocycles. The molecule has 2 aromatic rings. The standard InChI is InChI=1S/C18H16ClNO6/c1-3-25-16-11-12(10-15(19)18(16)24-2)4-9-17(21)26-14-7-5-13(6-8-14)20(22)23/h4-11H,3H2,1-2H3/b9-4+. The number of rotatable bonds is 7. The van der Waals surface area contributed by atoms with Crippen LogP contribution in [0.3, 0.4) is 0 Å². The van der Waals surface area contributed by atoms with Crippen molar-refractivity contribution in [3.8, 4) is 17.2 Å². The lowest BCUT2D eigenvalue weighted by molar-refractivity contribution is -0.384. The van der Waals surface area contributed by atoms with Crippen molar-refractivity contribution in [2.75, 3.05) is 13.7 Å². The molecule has 0 fully saturated rings. The van der Waals surface area contributed by atoms with Gasteiger partial charge in [0.1, 0.15) is 5.75 Å². The lowest BCUT2D eigenvalue weighted by atomic mass is 10.2. The van der Waals surface area contributed by atoms with E-state index in [0.29, 0.717) is 28.7 Å². The number of hydrogen-bond acceptors (Lipinski definition) is 6. The predicted molar refractivity (Wildman–Crippen MR) is 96.9 cm³/mol. The van der Waals surface area contributed by atoms with Crippen LogP contribution in [0, 0.1) is 10.1 Å². The molecule has 0 spiro atoms. The van der Waals surface area contributed by atoms with Crippen molar-refractivity contribution in [3.05, 3.63) is 63.2 Å². The summed E-state index contributed by atoms with van der Waals surface area (Å²) in [6.45, 7) is 2.26. The summed E-state index contributed by atoms with van der Waals surface area (Å²) in [6.07, 6.45) is 2.73. The van der Waals surface area contributed by atoms with Gasteiger partial charge in [0.15, 0.2) is 11.5 Å². The van der Waals surface area contributed by atoms with Gasteiger partial charge in [0.05, 0.1) is 23.7 Å². The fourth-order valence-corrected chi connectivity index (χ4v) is 2.39. The Morgan fingerprint density at radius 1 is 1.27 bits per heavy atom. The molecule has 26 heavy (non-hydrogen) atoms. The molecule has 0 aromatic heterocycles. The number of esters is 1. The average molecular weight is 378 g/mol. The Bertz CT molecular complexity index is 832. The van der Waals surface area contributed by atoms with E-state index in [1.165, 1.54) is 43.5 Å². The summed E-state index contributed by atoms with van der Waals surface area (Å²) in [5.41, 5.74) is 0.538. The zero-order chi connectivity index (χ0) is 19.1. The Morgan fingerprint density at radius 2 is 1.96 bits per heavy atom. The molecule has 8 heteroatoms. The summed E-state index contributed by atoms with van der Waals surface area (Å²) in [7, 11) is 1.49. The number of nitrogens with zero attached hydrogens (tertiary/aromatic N) is 1. The van der Waals surface area contributed by atoms with Crippen molar-refractivity contribution in [1.82, 2.24) is 0 Å². The number of carbonyl (C=O) groups excluding carboxylic acids is 1. The Balaban J connectivity index is 2.10. The van der Waals surface area contributed by atoms with Crippen LogP contribution >= 0.6 is 11.6 Å². The number of non-ortho nitro benzene ring substituents is 1. The van der Waals surface area contributed by atoms with Crippen molar-refractivity contribution >= 4 is 29.3 Å². The second kappa shape index (κ2) is 8.87. The number of methoxy groups -OCH3 is 1. The van der Waals surface area contributed by atoms with E-state index in [1.54, 1.807) is 12.1 Å². The minimum Gasteiger partial charge on any atom is -0.491 e. The molecule has 136 valence electrons.